The molecule has 0 aliphatic carbocycles. The van der Waals surface area contributed by atoms with E-state index < -0.39 is 45.5 Å². The second-order valence-electron chi connectivity index (χ2n) is 7.54. The van der Waals surface area contributed by atoms with Gasteiger partial charge in [0.1, 0.15) is 11.8 Å². The Bertz CT molecular complexity index is 903. The van der Waals surface area contributed by atoms with Crippen LogP contribution in [-0.2, 0) is 24.3 Å². The average molecular weight is 448 g/mol. The molecule has 1 unspecified atom stereocenters. The minimum atomic E-state index is -4.20. The molecule has 3 aliphatic heterocycles. The lowest BCUT2D eigenvalue weighted by atomic mass is 10.0. The van der Waals surface area contributed by atoms with Gasteiger partial charge in [-0.3, -0.25) is 9.45 Å². The van der Waals surface area contributed by atoms with E-state index in [4.69, 9.17) is 18.8 Å². The first-order valence-corrected chi connectivity index (χ1v) is 11.2. The summed E-state index contributed by atoms with van der Waals surface area (Å²) in [5.41, 5.74) is -0.203. The normalized spacial score (nSPS) is 24.0. The number of halogens is 2. The molecular weight excluding hydrogens is 426 g/mol. The molecule has 30 heavy (non-hydrogen) atoms. The van der Waals surface area contributed by atoms with Gasteiger partial charge < -0.3 is 19.1 Å². The quantitative estimate of drug-likeness (QED) is 0.681. The molecule has 1 N–H and O–H groups in total. The van der Waals surface area contributed by atoms with Crippen LogP contribution in [0.1, 0.15) is 19.3 Å². The third kappa shape index (κ3) is 4.36. The molecule has 0 radical (unpaired) electrons. The maximum atomic E-state index is 14.8. The SMILES string of the molecule is O=C1OC(CCS(=O)(=O)O)CN1c1cc(F)c(N2CCC3(CC2)OCCO3)c(F)c1. The van der Waals surface area contributed by atoms with Crippen LogP contribution in [0.15, 0.2) is 12.1 Å². The number of amides is 1. The lowest BCUT2D eigenvalue weighted by Gasteiger charge is -2.38. The van der Waals surface area contributed by atoms with Crippen LogP contribution in [0, 0.1) is 11.6 Å². The summed E-state index contributed by atoms with van der Waals surface area (Å²) in [6.45, 7) is 1.66. The van der Waals surface area contributed by atoms with Gasteiger partial charge in [0.15, 0.2) is 17.4 Å². The van der Waals surface area contributed by atoms with Crippen molar-refractivity contribution >= 4 is 27.6 Å². The van der Waals surface area contributed by atoms with Crippen molar-refractivity contribution in [1.82, 2.24) is 0 Å². The standard InChI is InChI=1S/C18H22F2N2O7S/c19-14-9-12(22-11-13(29-17(22)23)1-8-30(24,25)26)10-15(20)16(14)21-4-2-18(3-5-21)27-6-7-28-18/h9-10,13H,1-8,11H2,(H,24,25,26). The fourth-order valence-electron chi connectivity index (χ4n) is 4.03. The Morgan fingerprint density at radius 1 is 1.13 bits per heavy atom. The van der Waals surface area contributed by atoms with Crippen molar-refractivity contribution in [2.24, 2.45) is 0 Å². The van der Waals surface area contributed by atoms with Crippen LogP contribution in [-0.4, -0.2) is 69.6 Å². The van der Waals surface area contributed by atoms with Crippen LogP contribution in [0.5, 0.6) is 0 Å². The van der Waals surface area contributed by atoms with E-state index in [1.54, 1.807) is 4.90 Å². The van der Waals surface area contributed by atoms with E-state index in [0.717, 1.165) is 17.0 Å². The van der Waals surface area contributed by atoms with Crippen LogP contribution in [0.25, 0.3) is 0 Å². The molecule has 1 amide bonds. The molecule has 9 nitrogen and oxygen atoms in total. The van der Waals surface area contributed by atoms with Crippen molar-refractivity contribution < 1.29 is 40.8 Å². The molecule has 0 bridgehead atoms. The zero-order chi connectivity index (χ0) is 21.5. The Labute approximate surface area is 172 Å². The number of rotatable bonds is 5. The van der Waals surface area contributed by atoms with Gasteiger partial charge in [-0.15, -0.1) is 0 Å². The molecule has 1 spiro atoms. The molecule has 4 rings (SSSR count). The summed E-state index contributed by atoms with van der Waals surface area (Å²) >= 11 is 0. The highest BCUT2D eigenvalue weighted by Crippen LogP contribution is 2.36. The smallest absolute Gasteiger partial charge is 0.414 e. The number of piperidine rings is 1. The predicted molar refractivity (Wildman–Crippen MR) is 101 cm³/mol. The summed E-state index contributed by atoms with van der Waals surface area (Å²) in [5.74, 6) is -2.88. The molecule has 0 saturated carbocycles. The zero-order valence-corrected chi connectivity index (χ0v) is 16.9. The van der Waals surface area contributed by atoms with Gasteiger partial charge in [0.05, 0.1) is 31.2 Å². The minimum Gasteiger partial charge on any atom is -0.444 e. The molecule has 0 aromatic heterocycles. The topological polar surface area (TPSA) is 106 Å². The van der Waals surface area contributed by atoms with Gasteiger partial charge >= 0.3 is 6.09 Å². The highest BCUT2D eigenvalue weighted by molar-refractivity contribution is 7.85. The summed E-state index contributed by atoms with van der Waals surface area (Å²) in [6.07, 6.45) is -0.792. The molecular formula is C18H22F2N2O7S. The van der Waals surface area contributed by atoms with E-state index in [2.05, 4.69) is 0 Å². The highest BCUT2D eigenvalue weighted by atomic mass is 32.2. The lowest BCUT2D eigenvalue weighted by molar-refractivity contribution is -0.169. The van der Waals surface area contributed by atoms with E-state index in [1.165, 1.54) is 0 Å². The number of hydrogen-bond donors (Lipinski definition) is 1. The van der Waals surface area contributed by atoms with Crippen molar-refractivity contribution in [3.05, 3.63) is 23.8 Å². The molecule has 1 aromatic rings. The van der Waals surface area contributed by atoms with Crippen LogP contribution in [0.4, 0.5) is 25.0 Å². The van der Waals surface area contributed by atoms with Gasteiger partial charge in [-0.1, -0.05) is 0 Å². The third-order valence-corrected chi connectivity index (χ3v) is 6.29. The molecule has 1 aromatic carbocycles. The maximum absolute atomic E-state index is 14.8. The van der Waals surface area contributed by atoms with E-state index in [-0.39, 0.29) is 24.3 Å². The monoisotopic (exact) mass is 448 g/mol. The molecule has 1 atom stereocenters. The van der Waals surface area contributed by atoms with Gasteiger partial charge in [0.2, 0.25) is 0 Å². The van der Waals surface area contributed by atoms with Crippen LogP contribution >= 0.6 is 0 Å². The number of cyclic esters (lactones) is 1. The molecule has 3 saturated heterocycles. The number of carbonyl (C=O) groups is 1. The molecule has 12 heteroatoms. The first kappa shape index (κ1) is 21.2. The van der Waals surface area contributed by atoms with Gasteiger partial charge in [0.25, 0.3) is 10.1 Å². The Morgan fingerprint density at radius 3 is 2.30 bits per heavy atom. The van der Waals surface area contributed by atoms with Crippen LogP contribution < -0.4 is 9.80 Å². The number of nitrogens with zero attached hydrogens (tertiary/aromatic N) is 2. The summed E-state index contributed by atoms with van der Waals surface area (Å²) < 4.78 is 76.5. The lowest BCUT2D eigenvalue weighted by Crippen LogP contribution is -2.45. The van der Waals surface area contributed by atoms with E-state index in [0.29, 0.717) is 39.1 Å². The first-order chi connectivity index (χ1) is 14.2. The molecule has 166 valence electrons. The Kier molecular flexibility index (Phi) is 5.60. The summed E-state index contributed by atoms with van der Waals surface area (Å²) in [4.78, 5) is 14.7. The fraction of sp³-hybridized carbons (Fsp3) is 0.611. The van der Waals surface area contributed by atoms with Crippen molar-refractivity contribution in [3.63, 3.8) is 0 Å². The van der Waals surface area contributed by atoms with Gasteiger partial charge in [-0.25, -0.2) is 13.6 Å². The molecule has 3 heterocycles. The van der Waals surface area contributed by atoms with Crippen LogP contribution in [0.2, 0.25) is 0 Å². The maximum Gasteiger partial charge on any atom is 0.414 e. The third-order valence-electron chi connectivity index (χ3n) is 5.54. The van der Waals surface area contributed by atoms with Gasteiger partial charge in [0, 0.05) is 44.5 Å². The van der Waals surface area contributed by atoms with Gasteiger partial charge in [-0.2, -0.15) is 8.42 Å². The number of carbonyl (C=O) groups excluding carboxylic acids is 1. The van der Waals surface area contributed by atoms with E-state index in [9.17, 15) is 22.0 Å². The first-order valence-electron chi connectivity index (χ1n) is 9.61. The van der Waals surface area contributed by atoms with Gasteiger partial charge in [-0.05, 0) is 0 Å². The summed E-state index contributed by atoms with van der Waals surface area (Å²) in [6, 6.07) is 2.11. The Balaban J connectivity index is 1.46. The second-order valence-corrected chi connectivity index (χ2v) is 9.12. The Morgan fingerprint density at radius 2 is 1.73 bits per heavy atom. The predicted octanol–water partition coefficient (Wildman–Crippen LogP) is 1.91. The van der Waals surface area contributed by atoms with Crippen LogP contribution in [0.3, 0.4) is 0 Å². The molecule has 3 fully saturated rings. The van der Waals surface area contributed by atoms with Crippen molar-refractivity contribution in [1.29, 1.82) is 0 Å². The number of ether oxygens (including phenoxy) is 3. The largest absolute Gasteiger partial charge is 0.444 e. The number of hydrogen-bond acceptors (Lipinski definition) is 7. The van der Waals surface area contributed by atoms with E-state index in [1.807, 2.05) is 0 Å². The second kappa shape index (κ2) is 7.91. The van der Waals surface area contributed by atoms with Crippen molar-refractivity contribution in [2.45, 2.75) is 31.2 Å². The summed E-state index contributed by atoms with van der Waals surface area (Å²) in [7, 11) is -4.20. The average Bonchev–Trinajstić information content (AvgIpc) is 3.27. The van der Waals surface area contributed by atoms with Crippen molar-refractivity contribution in [2.75, 3.05) is 48.4 Å². The molecule has 3 aliphatic rings. The van der Waals surface area contributed by atoms with Crippen molar-refractivity contribution in [3.8, 4) is 0 Å². The fourth-order valence-corrected chi connectivity index (χ4v) is 4.59. The van der Waals surface area contributed by atoms with E-state index >= 15 is 0 Å². The number of anilines is 2. The zero-order valence-electron chi connectivity index (χ0n) is 16.1. The minimum absolute atomic E-state index is 0.0240. The summed E-state index contributed by atoms with van der Waals surface area (Å²) in [5, 5.41) is 0. The Hall–Kier alpha value is -2.02. The highest BCUT2D eigenvalue weighted by Gasteiger charge is 2.41. The number of benzene rings is 1.